The Labute approximate surface area is 88.5 Å². The van der Waals surface area contributed by atoms with E-state index in [-0.39, 0.29) is 0 Å². The first-order valence-electron chi connectivity index (χ1n) is 3.71. The van der Waals surface area contributed by atoms with Gasteiger partial charge in [0.2, 0.25) is 5.01 Å². The summed E-state index contributed by atoms with van der Waals surface area (Å²) in [7, 11) is 1.32. The molecule has 0 bridgehead atoms. The number of rotatable bonds is 1. The Morgan fingerprint density at radius 1 is 1.64 bits per heavy atom. The molecule has 0 saturated carbocycles. The molecule has 14 heavy (non-hydrogen) atoms. The van der Waals surface area contributed by atoms with Crippen LogP contribution >= 0.6 is 22.9 Å². The summed E-state index contributed by atoms with van der Waals surface area (Å²) in [5.74, 6) is -0.442. The zero-order valence-corrected chi connectivity index (χ0v) is 8.72. The number of fused-ring (bicyclic) bond motifs is 1. The van der Waals surface area contributed by atoms with Crippen molar-refractivity contribution >= 4 is 39.1 Å². The second kappa shape index (κ2) is 3.51. The molecule has 2 aromatic heterocycles. The minimum absolute atomic E-state index is 0.312. The monoisotopic (exact) mass is 228 g/mol. The average Bonchev–Trinajstić information content (AvgIpc) is 2.59. The third kappa shape index (κ3) is 1.56. The maximum atomic E-state index is 11.1. The smallest absolute Gasteiger partial charge is 0.367 e. The second-order valence-corrected chi connectivity index (χ2v) is 3.90. The Balaban J connectivity index is 2.56. The van der Waals surface area contributed by atoms with Gasteiger partial charge in [-0.25, -0.2) is 14.8 Å². The third-order valence-electron chi connectivity index (χ3n) is 1.60. The Kier molecular flexibility index (Phi) is 2.35. The highest BCUT2D eigenvalue weighted by molar-refractivity contribution is 7.20. The summed E-state index contributed by atoms with van der Waals surface area (Å²) in [6.45, 7) is 0. The van der Waals surface area contributed by atoms with Gasteiger partial charge >= 0.3 is 5.97 Å². The largest absolute Gasteiger partial charge is 0.464 e. The van der Waals surface area contributed by atoms with E-state index in [9.17, 15) is 4.79 Å². The molecule has 2 heterocycles. The summed E-state index contributed by atoms with van der Waals surface area (Å²) >= 11 is 6.93. The van der Waals surface area contributed by atoms with Gasteiger partial charge in [-0.15, -0.1) is 11.3 Å². The van der Waals surface area contributed by atoms with E-state index in [0.717, 1.165) is 4.70 Å². The number of thiazole rings is 1. The van der Waals surface area contributed by atoms with Crippen molar-refractivity contribution in [2.75, 3.05) is 7.11 Å². The lowest BCUT2D eigenvalue weighted by Crippen LogP contribution is -1.99. The first-order valence-corrected chi connectivity index (χ1v) is 4.90. The van der Waals surface area contributed by atoms with Crippen LogP contribution in [-0.2, 0) is 4.74 Å². The quantitative estimate of drug-likeness (QED) is 0.554. The highest BCUT2D eigenvalue weighted by Crippen LogP contribution is 2.23. The summed E-state index contributed by atoms with van der Waals surface area (Å²) in [5, 5.41) is 0.698. The van der Waals surface area contributed by atoms with Crippen molar-refractivity contribution in [2.24, 2.45) is 0 Å². The number of nitrogens with zero attached hydrogens (tertiary/aromatic N) is 2. The van der Waals surface area contributed by atoms with Crippen LogP contribution < -0.4 is 0 Å². The fourth-order valence-corrected chi connectivity index (χ4v) is 2.10. The van der Waals surface area contributed by atoms with Crippen LogP contribution in [0.1, 0.15) is 9.80 Å². The van der Waals surface area contributed by atoms with Gasteiger partial charge in [0.1, 0.15) is 10.7 Å². The molecule has 0 aliphatic carbocycles. The molecule has 0 unspecified atom stereocenters. The highest BCUT2D eigenvalue weighted by Gasteiger charge is 2.12. The molecule has 0 atom stereocenters. The van der Waals surface area contributed by atoms with Crippen molar-refractivity contribution < 1.29 is 9.53 Å². The van der Waals surface area contributed by atoms with Gasteiger partial charge in [-0.2, -0.15) is 0 Å². The van der Waals surface area contributed by atoms with E-state index in [4.69, 9.17) is 11.6 Å². The highest BCUT2D eigenvalue weighted by atomic mass is 35.5. The van der Waals surface area contributed by atoms with E-state index in [2.05, 4.69) is 14.7 Å². The maximum absolute atomic E-state index is 11.1. The summed E-state index contributed by atoms with van der Waals surface area (Å²) in [6, 6.07) is 1.67. The van der Waals surface area contributed by atoms with Crippen LogP contribution in [0.25, 0.3) is 10.2 Å². The van der Waals surface area contributed by atoms with Crippen molar-refractivity contribution in [2.45, 2.75) is 0 Å². The van der Waals surface area contributed by atoms with Gasteiger partial charge < -0.3 is 4.74 Å². The van der Waals surface area contributed by atoms with Crippen molar-refractivity contribution in [3.63, 3.8) is 0 Å². The summed E-state index contributed by atoms with van der Waals surface area (Å²) in [5.41, 5.74) is 0.653. The van der Waals surface area contributed by atoms with Crippen molar-refractivity contribution in [3.05, 3.63) is 22.4 Å². The predicted molar refractivity (Wildman–Crippen MR) is 53.8 cm³/mol. The predicted octanol–water partition coefficient (Wildman–Crippen LogP) is 2.13. The number of ether oxygens (including phenoxy) is 1. The molecule has 72 valence electrons. The average molecular weight is 229 g/mol. The molecule has 0 saturated heterocycles. The SMILES string of the molecule is COC(=O)c1nc2cnc(Cl)cc2s1. The lowest BCUT2D eigenvalue weighted by molar-refractivity contribution is 0.0600. The maximum Gasteiger partial charge on any atom is 0.367 e. The topological polar surface area (TPSA) is 52.1 Å². The molecule has 0 aliphatic heterocycles. The number of carbonyl (C=O) groups excluding carboxylic acids is 1. The van der Waals surface area contributed by atoms with Crippen LogP contribution in [0.3, 0.4) is 0 Å². The molecule has 2 rings (SSSR count). The number of pyridine rings is 1. The number of halogens is 1. The van der Waals surface area contributed by atoms with Gasteiger partial charge in [0.25, 0.3) is 0 Å². The van der Waals surface area contributed by atoms with E-state index in [1.54, 1.807) is 6.07 Å². The number of esters is 1. The van der Waals surface area contributed by atoms with Crippen LogP contribution in [0.2, 0.25) is 5.15 Å². The standard InChI is InChI=1S/C8H5ClN2O2S/c1-13-8(12)7-11-4-3-10-6(9)2-5(4)14-7/h2-3H,1H3. The number of carbonyl (C=O) groups is 1. The van der Waals surface area contributed by atoms with Gasteiger partial charge in [0.05, 0.1) is 18.0 Å². The number of hydrogen-bond acceptors (Lipinski definition) is 5. The molecular weight excluding hydrogens is 224 g/mol. The van der Waals surface area contributed by atoms with Crippen LogP contribution in [0.15, 0.2) is 12.3 Å². The van der Waals surface area contributed by atoms with Crippen LogP contribution in [0.5, 0.6) is 0 Å². The van der Waals surface area contributed by atoms with E-state index in [0.29, 0.717) is 15.7 Å². The molecule has 0 N–H and O–H groups in total. The molecule has 2 aromatic rings. The third-order valence-corrected chi connectivity index (χ3v) is 2.81. The number of aromatic nitrogens is 2. The van der Waals surface area contributed by atoms with Gasteiger partial charge in [-0.05, 0) is 6.07 Å². The molecule has 0 amide bonds. The Morgan fingerprint density at radius 2 is 2.43 bits per heavy atom. The van der Waals surface area contributed by atoms with E-state index in [1.165, 1.54) is 24.6 Å². The van der Waals surface area contributed by atoms with Gasteiger partial charge in [0, 0.05) is 0 Å². The zero-order chi connectivity index (χ0) is 10.1. The first-order chi connectivity index (χ1) is 6.70. The Morgan fingerprint density at radius 3 is 3.14 bits per heavy atom. The van der Waals surface area contributed by atoms with E-state index in [1.807, 2.05) is 0 Å². The molecule has 0 aliphatic rings. The molecule has 0 aromatic carbocycles. The van der Waals surface area contributed by atoms with Crippen LogP contribution in [0.4, 0.5) is 0 Å². The molecule has 0 radical (unpaired) electrons. The van der Waals surface area contributed by atoms with Crippen molar-refractivity contribution in [1.29, 1.82) is 0 Å². The van der Waals surface area contributed by atoms with E-state index < -0.39 is 5.97 Å². The molecule has 6 heteroatoms. The van der Waals surface area contributed by atoms with Crippen molar-refractivity contribution in [3.8, 4) is 0 Å². The van der Waals surface area contributed by atoms with Gasteiger partial charge in [-0.1, -0.05) is 11.6 Å². The lowest BCUT2D eigenvalue weighted by Gasteiger charge is -1.89. The number of methoxy groups -OCH3 is 1. The van der Waals surface area contributed by atoms with Crippen LogP contribution in [-0.4, -0.2) is 23.0 Å². The molecule has 4 nitrogen and oxygen atoms in total. The van der Waals surface area contributed by atoms with Gasteiger partial charge in [0.15, 0.2) is 0 Å². The second-order valence-electron chi connectivity index (χ2n) is 2.49. The Bertz CT molecular complexity index is 497. The minimum Gasteiger partial charge on any atom is -0.464 e. The fourth-order valence-electron chi connectivity index (χ4n) is 0.983. The normalized spacial score (nSPS) is 10.4. The summed E-state index contributed by atoms with van der Waals surface area (Å²) in [6.07, 6.45) is 1.53. The Hall–Kier alpha value is -1.20. The minimum atomic E-state index is -0.442. The summed E-state index contributed by atoms with van der Waals surface area (Å²) in [4.78, 5) is 19.1. The number of hydrogen-bond donors (Lipinski definition) is 0. The first kappa shape index (κ1) is 9.36. The molecule has 0 fully saturated rings. The van der Waals surface area contributed by atoms with Crippen molar-refractivity contribution in [1.82, 2.24) is 9.97 Å². The fraction of sp³-hybridized carbons (Fsp3) is 0.125. The van der Waals surface area contributed by atoms with Crippen LogP contribution in [0, 0.1) is 0 Å². The molecule has 0 spiro atoms. The summed E-state index contributed by atoms with van der Waals surface area (Å²) < 4.78 is 5.38. The van der Waals surface area contributed by atoms with E-state index >= 15 is 0 Å². The zero-order valence-electron chi connectivity index (χ0n) is 7.15. The lowest BCUT2D eigenvalue weighted by atomic mass is 10.4. The van der Waals surface area contributed by atoms with Gasteiger partial charge in [-0.3, -0.25) is 0 Å². The molecular formula is C8H5ClN2O2S.